The van der Waals surface area contributed by atoms with Gasteiger partial charge in [-0.25, -0.2) is 0 Å². The van der Waals surface area contributed by atoms with E-state index >= 15 is 0 Å². The first-order valence-corrected chi connectivity index (χ1v) is 4.77. The third-order valence-electron chi connectivity index (χ3n) is 2.80. The first kappa shape index (κ1) is 7.21. The van der Waals surface area contributed by atoms with E-state index in [1.165, 1.54) is 25.5 Å². The quantitative estimate of drug-likeness (QED) is 0.525. The highest BCUT2D eigenvalue weighted by Gasteiger charge is 2.33. The number of rotatable bonds is 2. The lowest BCUT2D eigenvalue weighted by atomic mass is 9.55. The summed E-state index contributed by atoms with van der Waals surface area (Å²) in [6.45, 7) is 3.28. The summed E-state index contributed by atoms with van der Waals surface area (Å²) in [5.74, 6) is 0.898. The minimum absolute atomic E-state index is 0.898. The predicted octanol–water partition coefficient (Wildman–Crippen LogP) is 3.16. The van der Waals surface area contributed by atoms with Gasteiger partial charge in [0, 0.05) is 0 Å². The molecule has 1 unspecified atom stereocenters. The van der Waals surface area contributed by atoms with Gasteiger partial charge >= 0.3 is 0 Å². The summed E-state index contributed by atoms with van der Waals surface area (Å²) in [5, 5.41) is 0. The monoisotopic (exact) mass is 146 g/mol. The van der Waals surface area contributed by atoms with Gasteiger partial charge in [0.25, 0.3) is 0 Å². The topological polar surface area (TPSA) is 0 Å². The molecule has 0 N–H and O–H groups in total. The zero-order valence-electron chi connectivity index (χ0n) is 7.22. The Hall–Kier alpha value is -0.455. The molecule has 0 saturated carbocycles. The maximum absolute atomic E-state index is 2.50. The van der Waals surface area contributed by atoms with Crippen LogP contribution in [-0.2, 0) is 0 Å². The highest BCUT2D eigenvalue weighted by atomic mass is 14.1. The van der Waals surface area contributed by atoms with Crippen molar-refractivity contribution >= 4 is 6.71 Å². The molecule has 0 aromatic heterocycles. The Kier molecular flexibility index (Phi) is 1.89. The van der Waals surface area contributed by atoms with Gasteiger partial charge in [0.05, 0.1) is 0 Å². The molecular weight excluding hydrogens is 131 g/mol. The molecule has 1 heteroatoms. The maximum atomic E-state index is 2.50. The largest absolute Gasteiger partial charge is 0.146 e. The molecule has 1 atom stereocenters. The summed E-state index contributed by atoms with van der Waals surface area (Å²) in [6, 6.07) is 0. The SMILES string of the molecule is CCC1=CC(B2CC2)CC=C1. The van der Waals surface area contributed by atoms with Crippen molar-refractivity contribution in [3.05, 3.63) is 23.8 Å². The molecule has 0 aromatic rings. The zero-order chi connectivity index (χ0) is 7.68. The van der Waals surface area contributed by atoms with Gasteiger partial charge in [0.1, 0.15) is 6.71 Å². The van der Waals surface area contributed by atoms with Crippen molar-refractivity contribution in [2.45, 2.75) is 38.2 Å². The van der Waals surface area contributed by atoms with Crippen LogP contribution in [0.3, 0.4) is 0 Å². The highest BCUT2D eigenvalue weighted by molar-refractivity contribution is 6.71. The minimum Gasteiger partial charge on any atom is -0.0851 e. The summed E-state index contributed by atoms with van der Waals surface area (Å²) >= 11 is 0. The molecule has 11 heavy (non-hydrogen) atoms. The van der Waals surface area contributed by atoms with Crippen LogP contribution in [0.1, 0.15) is 19.8 Å². The minimum atomic E-state index is 0.898. The molecule has 1 heterocycles. The summed E-state index contributed by atoms with van der Waals surface area (Å²) in [4.78, 5) is 0. The average molecular weight is 146 g/mol. The van der Waals surface area contributed by atoms with Gasteiger partial charge in [0.15, 0.2) is 0 Å². The van der Waals surface area contributed by atoms with Crippen molar-refractivity contribution in [1.82, 2.24) is 0 Å². The van der Waals surface area contributed by atoms with Crippen molar-refractivity contribution in [2.24, 2.45) is 0 Å². The Balaban J connectivity index is 2.03. The van der Waals surface area contributed by atoms with E-state index in [0.29, 0.717) is 0 Å². The van der Waals surface area contributed by atoms with Crippen LogP contribution in [0.15, 0.2) is 23.8 Å². The second-order valence-corrected chi connectivity index (χ2v) is 3.73. The molecule has 58 valence electrons. The normalized spacial score (nSPS) is 28.6. The van der Waals surface area contributed by atoms with Crippen LogP contribution in [0.5, 0.6) is 0 Å². The number of hydrogen-bond acceptors (Lipinski definition) is 0. The standard InChI is InChI=1S/C10H15B/c1-2-9-4-3-5-10(8-9)11-6-7-11/h3-4,8,10H,2,5-7H2,1H3. The van der Waals surface area contributed by atoms with Crippen molar-refractivity contribution in [3.8, 4) is 0 Å². The fourth-order valence-electron chi connectivity index (χ4n) is 1.86. The Morgan fingerprint density at radius 3 is 3.00 bits per heavy atom. The molecule has 1 saturated heterocycles. The molecule has 0 radical (unpaired) electrons. The van der Waals surface area contributed by atoms with Crippen molar-refractivity contribution in [3.63, 3.8) is 0 Å². The molecule has 0 nitrogen and oxygen atoms in total. The van der Waals surface area contributed by atoms with Crippen LogP contribution >= 0.6 is 0 Å². The van der Waals surface area contributed by atoms with Crippen LogP contribution in [-0.4, -0.2) is 6.71 Å². The van der Waals surface area contributed by atoms with Crippen molar-refractivity contribution in [2.75, 3.05) is 0 Å². The van der Waals surface area contributed by atoms with Crippen LogP contribution in [0.4, 0.5) is 0 Å². The van der Waals surface area contributed by atoms with E-state index < -0.39 is 0 Å². The first-order valence-electron chi connectivity index (χ1n) is 4.77. The second-order valence-electron chi connectivity index (χ2n) is 3.73. The molecule has 2 rings (SSSR count). The molecule has 2 aliphatic rings. The van der Waals surface area contributed by atoms with E-state index in [9.17, 15) is 0 Å². The van der Waals surface area contributed by atoms with E-state index in [1.807, 2.05) is 0 Å². The van der Waals surface area contributed by atoms with Crippen LogP contribution in [0, 0.1) is 0 Å². The smallest absolute Gasteiger partial charge is 0.0851 e. The molecule has 1 aliphatic carbocycles. The van der Waals surface area contributed by atoms with Gasteiger partial charge in [-0.05, 0) is 18.7 Å². The molecule has 0 amide bonds. The van der Waals surface area contributed by atoms with Gasteiger partial charge in [0.2, 0.25) is 0 Å². The third kappa shape index (κ3) is 1.58. The van der Waals surface area contributed by atoms with E-state index in [2.05, 4.69) is 25.2 Å². The molecular formula is C10H15B. The van der Waals surface area contributed by atoms with E-state index in [4.69, 9.17) is 0 Å². The lowest BCUT2D eigenvalue weighted by Crippen LogP contribution is -2.03. The predicted molar refractivity (Wildman–Crippen MR) is 51.2 cm³/mol. The summed E-state index contributed by atoms with van der Waals surface area (Å²) in [5.41, 5.74) is 1.55. The Bertz CT molecular complexity index is 199. The fraction of sp³-hybridized carbons (Fsp3) is 0.600. The fourth-order valence-corrected chi connectivity index (χ4v) is 1.86. The number of hydrogen-bond donors (Lipinski definition) is 0. The molecule has 0 spiro atoms. The van der Waals surface area contributed by atoms with Gasteiger partial charge in [-0.2, -0.15) is 0 Å². The average Bonchev–Trinajstić information content (AvgIpc) is 2.87. The van der Waals surface area contributed by atoms with Crippen LogP contribution in [0.25, 0.3) is 0 Å². The molecule has 0 bridgehead atoms. The maximum Gasteiger partial charge on any atom is 0.146 e. The zero-order valence-corrected chi connectivity index (χ0v) is 7.22. The molecule has 1 fully saturated rings. The van der Waals surface area contributed by atoms with E-state index in [1.54, 1.807) is 5.57 Å². The van der Waals surface area contributed by atoms with E-state index in [-0.39, 0.29) is 0 Å². The van der Waals surface area contributed by atoms with Crippen LogP contribution < -0.4 is 0 Å². The molecule has 1 aliphatic heterocycles. The second kappa shape index (κ2) is 2.88. The third-order valence-corrected chi connectivity index (χ3v) is 2.80. The Morgan fingerprint density at radius 2 is 2.36 bits per heavy atom. The van der Waals surface area contributed by atoms with Crippen molar-refractivity contribution in [1.29, 1.82) is 0 Å². The van der Waals surface area contributed by atoms with Gasteiger partial charge in [-0.1, -0.05) is 43.4 Å². The summed E-state index contributed by atoms with van der Waals surface area (Å²) < 4.78 is 0. The first-order chi connectivity index (χ1) is 5.40. The summed E-state index contributed by atoms with van der Waals surface area (Å²) in [6.07, 6.45) is 12.6. The number of allylic oxidation sites excluding steroid dienone is 4. The van der Waals surface area contributed by atoms with Crippen LogP contribution in [0.2, 0.25) is 18.5 Å². The van der Waals surface area contributed by atoms with E-state index in [0.717, 1.165) is 12.5 Å². The Labute approximate surface area is 69.5 Å². The lowest BCUT2D eigenvalue weighted by molar-refractivity contribution is 0.967. The van der Waals surface area contributed by atoms with Gasteiger partial charge in [-0.3, -0.25) is 0 Å². The lowest BCUT2D eigenvalue weighted by Gasteiger charge is -2.13. The van der Waals surface area contributed by atoms with Gasteiger partial charge in [-0.15, -0.1) is 0 Å². The Morgan fingerprint density at radius 1 is 1.55 bits per heavy atom. The highest BCUT2D eigenvalue weighted by Crippen LogP contribution is 2.39. The summed E-state index contributed by atoms with van der Waals surface area (Å²) in [7, 11) is 0. The van der Waals surface area contributed by atoms with Gasteiger partial charge < -0.3 is 0 Å². The van der Waals surface area contributed by atoms with Crippen molar-refractivity contribution < 1.29 is 0 Å². The molecule has 0 aromatic carbocycles.